The molecule has 0 radical (unpaired) electrons. The Hall–Kier alpha value is -1.61. The molecular formula is C16H23N3. The normalized spacial score (nSPS) is 11.5. The Morgan fingerprint density at radius 3 is 2.58 bits per heavy atom. The van der Waals surface area contributed by atoms with Crippen LogP contribution < -0.4 is 5.32 Å². The quantitative estimate of drug-likeness (QED) is 0.888. The minimum absolute atomic E-state index is 0.418. The number of nitrogens with one attached hydrogen (secondary N) is 1. The molecule has 19 heavy (non-hydrogen) atoms. The van der Waals surface area contributed by atoms with Crippen LogP contribution in [0.25, 0.3) is 5.69 Å². The van der Waals surface area contributed by atoms with Crippen molar-refractivity contribution in [2.24, 2.45) is 0 Å². The predicted octanol–water partition coefficient (Wildman–Crippen LogP) is 3.49. The van der Waals surface area contributed by atoms with Crippen LogP contribution in [0.15, 0.2) is 36.7 Å². The average molecular weight is 257 g/mol. The second-order valence-electron chi connectivity index (χ2n) is 5.47. The highest BCUT2D eigenvalue weighted by Gasteiger charge is 2.11. The van der Waals surface area contributed by atoms with Gasteiger partial charge < -0.3 is 9.88 Å². The first-order chi connectivity index (χ1) is 9.09. The van der Waals surface area contributed by atoms with E-state index in [-0.39, 0.29) is 0 Å². The molecule has 0 aliphatic carbocycles. The van der Waals surface area contributed by atoms with E-state index >= 15 is 0 Å². The van der Waals surface area contributed by atoms with Gasteiger partial charge in [0.05, 0.1) is 5.69 Å². The fraction of sp³-hybridized carbons (Fsp3) is 0.438. The van der Waals surface area contributed by atoms with Gasteiger partial charge in [-0.2, -0.15) is 0 Å². The highest BCUT2D eigenvalue weighted by atomic mass is 15.1. The minimum Gasteiger partial charge on any atom is -0.310 e. The van der Waals surface area contributed by atoms with Crippen molar-refractivity contribution in [2.75, 3.05) is 0 Å². The number of benzene rings is 1. The largest absolute Gasteiger partial charge is 0.310 e. The summed E-state index contributed by atoms with van der Waals surface area (Å²) in [5.41, 5.74) is 2.52. The van der Waals surface area contributed by atoms with Crippen LogP contribution in [0, 0.1) is 0 Å². The Kier molecular flexibility index (Phi) is 4.38. The van der Waals surface area contributed by atoms with Gasteiger partial charge in [-0.05, 0) is 11.6 Å². The van der Waals surface area contributed by atoms with Crippen LogP contribution in [-0.4, -0.2) is 15.6 Å². The van der Waals surface area contributed by atoms with Crippen LogP contribution in [-0.2, 0) is 6.54 Å². The molecule has 0 amide bonds. The topological polar surface area (TPSA) is 29.9 Å². The summed E-state index contributed by atoms with van der Waals surface area (Å²) in [6.45, 7) is 9.56. The van der Waals surface area contributed by atoms with Gasteiger partial charge in [-0.1, -0.05) is 45.9 Å². The first-order valence-corrected chi connectivity index (χ1v) is 6.94. The van der Waals surface area contributed by atoms with Crippen LogP contribution in [0.3, 0.4) is 0 Å². The number of hydrogen-bond acceptors (Lipinski definition) is 2. The van der Waals surface area contributed by atoms with E-state index in [0.717, 1.165) is 12.4 Å². The monoisotopic (exact) mass is 257 g/mol. The van der Waals surface area contributed by atoms with E-state index in [4.69, 9.17) is 0 Å². The molecule has 1 heterocycles. The van der Waals surface area contributed by atoms with Crippen LogP contribution >= 0.6 is 0 Å². The van der Waals surface area contributed by atoms with Crippen molar-refractivity contribution < 1.29 is 0 Å². The van der Waals surface area contributed by atoms with Gasteiger partial charge in [-0.15, -0.1) is 0 Å². The molecule has 0 spiro atoms. The second kappa shape index (κ2) is 6.02. The zero-order valence-electron chi connectivity index (χ0n) is 12.2. The van der Waals surface area contributed by atoms with Crippen LogP contribution in [0.1, 0.15) is 45.0 Å². The Bertz CT molecular complexity index is 526. The summed E-state index contributed by atoms with van der Waals surface area (Å²) in [5, 5.41) is 3.48. The number of nitrogens with zero attached hydrogens (tertiary/aromatic N) is 2. The lowest BCUT2D eigenvalue weighted by Gasteiger charge is -2.16. The first-order valence-electron chi connectivity index (χ1n) is 6.94. The van der Waals surface area contributed by atoms with Crippen molar-refractivity contribution in [3.8, 4) is 5.69 Å². The third-order valence-electron chi connectivity index (χ3n) is 3.14. The molecule has 0 unspecified atom stereocenters. The van der Waals surface area contributed by atoms with Crippen molar-refractivity contribution in [3.05, 3.63) is 48.0 Å². The zero-order chi connectivity index (χ0) is 13.8. The maximum absolute atomic E-state index is 4.47. The smallest absolute Gasteiger partial charge is 0.115 e. The molecule has 0 atom stereocenters. The molecule has 0 fully saturated rings. The van der Waals surface area contributed by atoms with Crippen LogP contribution in [0.2, 0.25) is 0 Å². The summed E-state index contributed by atoms with van der Waals surface area (Å²) < 4.78 is 2.20. The lowest BCUT2D eigenvalue weighted by atomic mass is 10.1. The molecule has 0 saturated carbocycles. The van der Waals surface area contributed by atoms with Crippen molar-refractivity contribution in [1.82, 2.24) is 14.9 Å². The van der Waals surface area contributed by atoms with Gasteiger partial charge in [0.1, 0.15) is 5.82 Å². The van der Waals surface area contributed by atoms with Gasteiger partial charge in [0.25, 0.3) is 0 Å². The SMILES string of the molecule is CC(C)NCc1ccccc1-n1ccnc1C(C)C. The van der Waals surface area contributed by atoms with Crippen molar-refractivity contribution >= 4 is 0 Å². The molecule has 3 heteroatoms. The summed E-state index contributed by atoms with van der Waals surface area (Å²) in [7, 11) is 0. The van der Waals surface area contributed by atoms with Crippen molar-refractivity contribution in [3.63, 3.8) is 0 Å². The van der Waals surface area contributed by atoms with E-state index in [0.29, 0.717) is 12.0 Å². The summed E-state index contributed by atoms with van der Waals surface area (Å²) in [6, 6.07) is 8.99. The Balaban J connectivity index is 2.36. The third-order valence-corrected chi connectivity index (χ3v) is 3.14. The van der Waals surface area contributed by atoms with E-state index in [1.807, 2.05) is 12.4 Å². The lowest BCUT2D eigenvalue weighted by Crippen LogP contribution is -2.22. The maximum Gasteiger partial charge on any atom is 0.115 e. The van der Waals surface area contributed by atoms with Gasteiger partial charge in [0, 0.05) is 30.9 Å². The molecular weight excluding hydrogens is 234 g/mol. The van der Waals surface area contributed by atoms with E-state index in [2.05, 4.69) is 66.8 Å². The Morgan fingerprint density at radius 2 is 1.89 bits per heavy atom. The zero-order valence-corrected chi connectivity index (χ0v) is 12.2. The van der Waals surface area contributed by atoms with Crippen LogP contribution in [0.5, 0.6) is 0 Å². The van der Waals surface area contributed by atoms with Gasteiger partial charge >= 0.3 is 0 Å². The third kappa shape index (κ3) is 3.24. The van der Waals surface area contributed by atoms with Gasteiger partial charge in [-0.25, -0.2) is 4.98 Å². The van der Waals surface area contributed by atoms with E-state index < -0.39 is 0 Å². The molecule has 0 saturated heterocycles. The molecule has 0 aliphatic rings. The molecule has 3 nitrogen and oxygen atoms in total. The number of aromatic nitrogens is 2. The molecule has 0 bridgehead atoms. The fourth-order valence-corrected chi connectivity index (χ4v) is 2.16. The van der Waals surface area contributed by atoms with Crippen molar-refractivity contribution in [2.45, 2.75) is 46.2 Å². The molecule has 2 rings (SSSR count). The minimum atomic E-state index is 0.418. The van der Waals surface area contributed by atoms with Gasteiger partial charge in [0.2, 0.25) is 0 Å². The molecule has 1 N–H and O–H groups in total. The molecule has 102 valence electrons. The van der Waals surface area contributed by atoms with E-state index in [1.165, 1.54) is 11.3 Å². The second-order valence-corrected chi connectivity index (χ2v) is 5.47. The Labute approximate surface area is 115 Å². The summed E-state index contributed by atoms with van der Waals surface area (Å²) >= 11 is 0. The maximum atomic E-state index is 4.47. The summed E-state index contributed by atoms with van der Waals surface area (Å²) in [5.74, 6) is 1.53. The number of rotatable bonds is 5. The summed E-state index contributed by atoms with van der Waals surface area (Å²) in [4.78, 5) is 4.47. The number of para-hydroxylation sites is 1. The van der Waals surface area contributed by atoms with Gasteiger partial charge in [0.15, 0.2) is 0 Å². The Morgan fingerprint density at radius 1 is 1.16 bits per heavy atom. The average Bonchev–Trinajstić information content (AvgIpc) is 2.85. The van der Waals surface area contributed by atoms with E-state index in [9.17, 15) is 0 Å². The molecule has 2 aromatic rings. The molecule has 1 aromatic carbocycles. The first kappa shape index (κ1) is 13.8. The molecule has 0 aliphatic heterocycles. The lowest BCUT2D eigenvalue weighted by molar-refractivity contribution is 0.587. The van der Waals surface area contributed by atoms with Gasteiger partial charge in [-0.3, -0.25) is 0 Å². The fourth-order valence-electron chi connectivity index (χ4n) is 2.16. The standard InChI is InChI=1S/C16H23N3/c1-12(2)16-17-9-10-19(16)15-8-6-5-7-14(15)11-18-13(3)4/h5-10,12-13,18H,11H2,1-4H3. The summed E-state index contributed by atoms with van der Waals surface area (Å²) in [6.07, 6.45) is 3.92. The van der Waals surface area contributed by atoms with Crippen LogP contribution in [0.4, 0.5) is 0 Å². The van der Waals surface area contributed by atoms with E-state index in [1.54, 1.807) is 0 Å². The van der Waals surface area contributed by atoms with Crippen molar-refractivity contribution in [1.29, 1.82) is 0 Å². The number of imidazole rings is 1. The highest BCUT2D eigenvalue weighted by molar-refractivity contribution is 5.42. The highest BCUT2D eigenvalue weighted by Crippen LogP contribution is 2.20. The molecule has 1 aromatic heterocycles. The number of hydrogen-bond donors (Lipinski definition) is 1. The predicted molar refractivity (Wildman–Crippen MR) is 79.6 cm³/mol.